The molecule has 1 aromatic carbocycles. The number of nitrogens with zero attached hydrogens (tertiary/aromatic N) is 2. The van der Waals surface area contributed by atoms with Crippen molar-refractivity contribution in [1.29, 1.82) is 0 Å². The predicted octanol–water partition coefficient (Wildman–Crippen LogP) is 0.863. The number of Topliss-reactive ketones (excluding diaryl/α,β-unsaturated/α-hetero) is 1. The number of amides is 2. The van der Waals surface area contributed by atoms with E-state index < -0.39 is 0 Å². The zero-order valence-electron chi connectivity index (χ0n) is 13.6. The van der Waals surface area contributed by atoms with E-state index in [1.54, 1.807) is 23.1 Å². The van der Waals surface area contributed by atoms with Crippen molar-refractivity contribution in [2.24, 2.45) is 0 Å². The van der Waals surface area contributed by atoms with Crippen LogP contribution in [0.4, 0.5) is 5.69 Å². The molecule has 7 nitrogen and oxygen atoms in total. The summed E-state index contributed by atoms with van der Waals surface area (Å²) in [6.07, 6.45) is 0.232. The second kappa shape index (κ2) is 7.00. The van der Waals surface area contributed by atoms with Crippen molar-refractivity contribution >= 4 is 23.3 Å². The summed E-state index contributed by atoms with van der Waals surface area (Å²) in [4.78, 5) is 39.3. The SMILES string of the molecule is CC(=O)c1ccc2c(c1)N(CCC(=O)N1CCOCC1)C(=O)CO2. The molecule has 2 amide bonds. The van der Waals surface area contributed by atoms with Gasteiger partial charge in [-0.05, 0) is 25.1 Å². The van der Waals surface area contributed by atoms with Gasteiger partial charge in [0.2, 0.25) is 5.91 Å². The second-order valence-electron chi connectivity index (χ2n) is 5.82. The summed E-state index contributed by atoms with van der Waals surface area (Å²) in [5.74, 6) is 0.262. The maximum absolute atomic E-state index is 12.3. The van der Waals surface area contributed by atoms with Crippen LogP contribution < -0.4 is 9.64 Å². The molecule has 24 heavy (non-hydrogen) atoms. The van der Waals surface area contributed by atoms with Crippen LogP contribution in [0.3, 0.4) is 0 Å². The second-order valence-corrected chi connectivity index (χ2v) is 5.82. The third-order valence-electron chi connectivity index (χ3n) is 4.22. The fourth-order valence-corrected chi connectivity index (χ4v) is 2.84. The van der Waals surface area contributed by atoms with Gasteiger partial charge in [0.1, 0.15) is 5.75 Å². The fraction of sp³-hybridized carbons (Fsp3) is 0.471. The number of rotatable bonds is 4. The van der Waals surface area contributed by atoms with Crippen molar-refractivity contribution in [1.82, 2.24) is 4.90 Å². The minimum absolute atomic E-state index is 0.00173. The molecule has 2 aliphatic heterocycles. The first kappa shape index (κ1) is 16.4. The zero-order chi connectivity index (χ0) is 17.1. The van der Waals surface area contributed by atoms with Crippen LogP contribution >= 0.6 is 0 Å². The minimum atomic E-state index is -0.210. The Morgan fingerprint density at radius 3 is 2.67 bits per heavy atom. The van der Waals surface area contributed by atoms with Gasteiger partial charge in [0.05, 0.1) is 18.9 Å². The molecule has 128 valence electrons. The largest absolute Gasteiger partial charge is 0.482 e. The summed E-state index contributed by atoms with van der Waals surface area (Å²) in [5.41, 5.74) is 1.06. The first-order chi connectivity index (χ1) is 11.6. The lowest BCUT2D eigenvalue weighted by molar-refractivity contribution is -0.135. The van der Waals surface area contributed by atoms with Gasteiger partial charge in [0.25, 0.3) is 5.91 Å². The molecule has 0 spiro atoms. The smallest absolute Gasteiger partial charge is 0.265 e. The molecule has 0 unspecified atom stereocenters. The Balaban J connectivity index is 1.73. The van der Waals surface area contributed by atoms with Gasteiger partial charge in [-0.3, -0.25) is 14.4 Å². The normalized spacial score (nSPS) is 17.3. The Hall–Kier alpha value is -2.41. The number of fused-ring (bicyclic) bond motifs is 1. The van der Waals surface area contributed by atoms with Crippen molar-refractivity contribution < 1.29 is 23.9 Å². The number of ether oxygens (including phenoxy) is 2. The fourth-order valence-electron chi connectivity index (χ4n) is 2.84. The van der Waals surface area contributed by atoms with Gasteiger partial charge in [0, 0.05) is 31.6 Å². The van der Waals surface area contributed by atoms with Crippen LogP contribution in [0.1, 0.15) is 23.7 Å². The van der Waals surface area contributed by atoms with Gasteiger partial charge in [-0.2, -0.15) is 0 Å². The van der Waals surface area contributed by atoms with E-state index in [-0.39, 0.29) is 37.2 Å². The Labute approximate surface area is 140 Å². The number of hydrogen-bond donors (Lipinski definition) is 0. The molecule has 7 heteroatoms. The van der Waals surface area contributed by atoms with Gasteiger partial charge in [-0.25, -0.2) is 0 Å². The molecule has 0 atom stereocenters. The Morgan fingerprint density at radius 1 is 1.21 bits per heavy atom. The molecular formula is C17H20N2O5. The van der Waals surface area contributed by atoms with E-state index in [0.717, 1.165) is 0 Å². The molecule has 0 bridgehead atoms. The molecular weight excluding hydrogens is 312 g/mol. The van der Waals surface area contributed by atoms with Crippen molar-refractivity contribution in [3.05, 3.63) is 23.8 Å². The standard InChI is InChI=1S/C17H20N2O5/c1-12(20)13-2-3-15-14(10-13)19(17(22)11-24-15)5-4-16(21)18-6-8-23-9-7-18/h2-3,10H,4-9,11H2,1H3. The summed E-state index contributed by atoms with van der Waals surface area (Å²) in [5, 5.41) is 0. The van der Waals surface area contributed by atoms with Crippen LogP contribution in [-0.2, 0) is 14.3 Å². The topological polar surface area (TPSA) is 76.2 Å². The lowest BCUT2D eigenvalue weighted by Crippen LogP contribution is -2.44. The number of carbonyl (C=O) groups is 3. The summed E-state index contributed by atoms with van der Waals surface area (Å²) in [7, 11) is 0. The molecule has 2 aliphatic rings. The molecule has 0 N–H and O–H groups in total. The summed E-state index contributed by atoms with van der Waals surface area (Å²) in [6, 6.07) is 5.01. The number of anilines is 1. The van der Waals surface area contributed by atoms with E-state index in [4.69, 9.17) is 9.47 Å². The van der Waals surface area contributed by atoms with E-state index >= 15 is 0 Å². The van der Waals surface area contributed by atoms with Crippen molar-refractivity contribution in [2.75, 3.05) is 44.4 Å². The van der Waals surface area contributed by atoms with Gasteiger partial charge in [-0.1, -0.05) is 0 Å². The van der Waals surface area contributed by atoms with Gasteiger partial charge in [-0.15, -0.1) is 0 Å². The molecule has 1 saturated heterocycles. The van der Waals surface area contributed by atoms with Crippen LogP contribution in [0.2, 0.25) is 0 Å². The van der Waals surface area contributed by atoms with Crippen molar-refractivity contribution in [2.45, 2.75) is 13.3 Å². The zero-order valence-corrected chi connectivity index (χ0v) is 13.6. The maximum Gasteiger partial charge on any atom is 0.265 e. The van der Waals surface area contributed by atoms with Crippen molar-refractivity contribution in [3.8, 4) is 5.75 Å². The lowest BCUT2D eigenvalue weighted by Gasteiger charge is -2.31. The molecule has 0 aliphatic carbocycles. The highest BCUT2D eigenvalue weighted by atomic mass is 16.5. The van der Waals surface area contributed by atoms with E-state index in [0.29, 0.717) is 43.3 Å². The van der Waals surface area contributed by atoms with E-state index in [9.17, 15) is 14.4 Å². The molecule has 1 fully saturated rings. The third kappa shape index (κ3) is 3.41. The molecule has 2 heterocycles. The molecule has 1 aromatic rings. The highest BCUT2D eigenvalue weighted by molar-refractivity contribution is 6.01. The summed E-state index contributed by atoms with van der Waals surface area (Å²) < 4.78 is 10.6. The van der Waals surface area contributed by atoms with Crippen LogP contribution in [-0.4, -0.2) is 62.0 Å². The first-order valence-electron chi connectivity index (χ1n) is 8.00. The molecule has 0 saturated carbocycles. The van der Waals surface area contributed by atoms with E-state index in [2.05, 4.69) is 0 Å². The summed E-state index contributed by atoms with van der Waals surface area (Å²) in [6.45, 7) is 3.95. The predicted molar refractivity (Wildman–Crippen MR) is 86.3 cm³/mol. The van der Waals surface area contributed by atoms with Crippen LogP contribution in [0.25, 0.3) is 0 Å². The van der Waals surface area contributed by atoms with Crippen LogP contribution in [0.5, 0.6) is 5.75 Å². The van der Waals surface area contributed by atoms with Gasteiger partial charge in [0.15, 0.2) is 12.4 Å². The lowest BCUT2D eigenvalue weighted by atomic mass is 10.1. The van der Waals surface area contributed by atoms with Gasteiger partial charge >= 0.3 is 0 Å². The summed E-state index contributed by atoms with van der Waals surface area (Å²) >= 11 is 0. The molecule has 0 aromatic heterocycles. The minimum Gasteiger partial charge on any atom is -0.482 e. The van der Waals surface area contributed by atoms with E-state index in [1.165, 1.54) is 11.8 Å². The van der Waals surface area contributed by atoms with Crippen molar-refractivity contribution in [3.63, 3.8) is 0 Å². The van der Waals surface area contributed by atoms with E-state index in [1.807, 2.05) is 0 Å². The Bertz CT molecular complexity index is 667. The number of morpholine rings is 1. The Kier molecular flexibility index (Phi) is 4.80. The third-order valence-corrected chi connectivity index (χ3v) is 4.22. The Morgan fingerprint density at radius 2 is 1.96 bits per heavy atom. The number of benzene rings is 1. The highest BCUT2D eigenvalue weighted by Crippen LogP contribution is 2.33. The van der Waals surface area contributed by atoms with Crippen LogP contribution in [0, 0.1) is 0 Å². The molecule has 3 rings (SSSR count). The number of hydrogen-bond acceptors (Lipinski definition) is 5. The van der Waals surface area contributed by atoms with Gasteiger partial charge < -0.3 is 19.3 Å². The monoisotopic (exact) mass is 332 g/mol. The molecule has 0 radical (unpaired) electrons. The first-order valence-corrected chi connectivity index (χ1v) is 8.00. The maximum atomic E-state index is 12.3. The average Bonchev–Trinajstić information content (AvgIpc) is 2.60. The number of carbonyl (C=O) groups excluding carboxylic acids is 3. The average molecular weight is 332 g/mol. The quantitative estimate of drug-likeness (QED) is 0.765. The number of ketones is 1. The highest BCUT2D eigenvalue weighted by Gasteiger charge is 2.27. The van der Waals surface area contributed by atoms with Crippen LogP contribution in [0.15, 0.2) is 18.2 Å².